The van der Waals surface area contributed by atoms with E-state index in [0.29, 0.717) is 18.9 Å². The molecular formula is C26H31NO4. The van der Waals surface area contributed by atoms with E-state index in [1.165, 1.54) is 0 Å². The first-order chi connectivity index (χ1) is 15.1. The summed E-state index contributed by atoms with van der Waals surface area (Å²) in [5.41, 5.74) is 4.46. The van der Waals surface area contributed by atoms with Crippen LogP contribution < -0.4 is 14.8 Å². The minimum absolute atomic E-state index is 0.0883. The number of allylic oxidation sites excluding steroid dienone is 1. The highest BCUT2D eigenvalue weighted by Gasteiger charge is 2.15. The monoisotopic (exact) mass is 421 g/mol. The summed E-state index contributed by atoms with van der Waals surface area (Å²) in [5, 5.41) is 3.92. The Bertz CT molecular complexity index is 1050. The molecule has 31 heavy (non-hydrogen) atoms. The summed E-state index contributed by atoms with van der Waals surface area (Å²) in [6.07, 6.45) is 6.62. The van der Waals surface area contributed by atoms with E-state index < -0.39 is 0 Å². The van der Waals surface area contributed by atoms with E-state index in [1.807, 2.05) is 50.2 Å². The number of methoxy groups -OCH3 is 1. The van der Waals surface area contributed by atoms with Crippen LogP contribution >= 0.6 is 0 Å². The second-order valence-corrected chi connectivity index (χ2v) is 7.48. The van der Waals surface area contributed by atoms with Gasteiger partial charge in [-0.3, -0.25) is 4.79 Å². The van der Waals surface area contributed by atoms with Crippen molar-refractivity contribution in [2.75, 3.05) is 20.3 Å². The van der Waals surface area contributed by atoms with E-state index in [4.69, 9.17) is 13.9 Å². The number of nitrogens with one attached hydrogen (secondary N) is 1. The predicted octanol–water partition coefficient (Wildman–Crippen LogP) is 6.22. The lowest BCUT2D eigenvalue weighted by molar-refractivity contribution is -0.116. The third-order valence-corrected chi connectivity index (χ3v) is 5.22. The summed E-state index contributed by atoms with van der Waals surface area (Å²) < 4.78 is 16.9. The van der Waals surface area contributed by atoms with Gasteiger partial charge in [0.25, 0.3) is 0 Å². The molecule has 164 valence electrons. The molecule has 0 saturated heterocycles. The van der Waals surface area contributed by atoms with Gasteiger partial charge >= 0.3 is 0 Å². The fourth-order valence-electron chi connectivity index (χ4n) is 3.57. The topological polar surface area (TPSA) is 60.7 Å². The zero-order valence-corrected chi connectivity index (χ0v) is 18.8. The number of ether oxygens (including phenoxy) is 2. The maximum Gasteiger partial charge on any atom is 0.244 e. The standard InChI is InChI=1S/C26H31NO4/c1-5-7-8-13-27-26(28)14-18(3)21-15-22-23(17-31-25(22)16-24(21)29-4)19-9-11-20(12-10-19)30-6-2/h9-12,14-17H,5-8,13H2,1-4H3,(H,27,28)/b18-14+. The van der Waals surface area contributed by atoms with E-state index in [2.05, 4.69) is 12.2 Å². The summed E-state index contributed by atoms with van der Waals surface area (Å²) in [4.78, 5) is 12.3. The molecule has 5 heteroatoms. The van der Waals surface area contributed by atoms with Crippen LogP contribution in [0.1, 0.15) is 45.6 Å². The number of rotatable bonds is 10. The van der Waals surface area contributed by atoms with Crippen molar-refractivity contribution in [3.05, 3.63) is 54.3 Å². The van der Waals surface area contributed by atoms with Crippen LogP contribution in [0.4, 0.5) is 0 Å². The molecule has 0 aliphatic carbocycles. The Morgan fingerprint density at radius 3 is 2.58 bits per heavy atom. The van der Waals surface area contributed by atoms with Crippen molar-refractivity contribution in [1.29, 1.82) is 0 Å². The van der Waals surface area contributed by atoms with E-state index in [-0.39, 0.29) is 5.91 Å². The van der Waals surface area contributed by atoms with Crippen molar-refractivity contribution in [3.8, 4) is 22.6 Å². The van der Waals surface area contributed by atoms with Crippen LogP contribution in [0.3, 0.4) is 0 Å². The van der Waals surface area contributed by atoms with Gasteiger partial charge in [-0.15, -0.1) is 0 Å². The molecule has 0 saturated carbocycles. The number of fused-ring (bicyclic) bond motifs is 1. The van der Waals surface area contributed by atoms with Gasteiger partial charge in [-0.1, -0.05) is 31.9 Å². The molecule has 1 heterocycles. The quantitative estimate of drug-likeness (QED) is 0.312. The second kappa shape index (κ2) is 10.7. The summed E-state index contributed by atoms with van der Waals surface area (Å²) in [5.74, 6) is 1.42. The number of furan rings is 1. The van der Waals surface area contributed by atoms with Gasteiger partial charge in [-0.2, -0.15) is 0 Å². The van der Waals surface area contributed by atoms with Gasteiger partial charge in [0.2, 0.25) is 5.91 Å². The molecule has 0 aliphatic rings. The minimum Gasteiger partial charge on any atom is -0.496 e. The molecule has 3 rings (SSSR count). The SMILES string of the molecule is CCCCCNC(=O)/C=C(\C)c1cc2c(-c3ccc(OCC)cc3)coc2cc1OC. The normalized spacial score (nSPS) is 11.5. The summed E-state index contributed by atoms with van der Waals surface area (Å²) in [7, 11) is 1.62. The van der Waals surface area contributed by atoms with Crippen LogP contribution in [0.15, 0.2) is 53.2 Å². The minimum atomic E-state index is -0.0883. The molecule has 0 bridgehead atoms. The van der Waals surface area contributed by atoms with Gasteiger partial charge in [0, 0.05) is 35.2 Å². The maximum atomic E-state index is 12.3. The number of hydrogen-bond donors (Lipinski definition) is 1. The Morgan fingerprint density at radius 1 is 1.13 bits per heavy atom. The molecule has 5 nitrogen and oxygen atoms in total. The zero-order chi connectivity index (χ0) is 22.2. The highest BCUT2D eigenvalue weighted by atomic mass is 16.5. The number of benzene rings is 2. The number of hydrogen-bond acceptors (Lipinski definition) is 4. The summed E-state index contributed by atoms with van der Waals surface area (Å²) in [6, 6.07) is 11.8. The molecule has 0 radical (unpaired) electrons. The van der Waals surface area contributed by atoms with Gasteiger partial charge in [-0.25, -0.2) is 0 Å². The lowest BCUT2D eigenvalue weighted by atomic mass is 9.99. The van der Waals surface area contributed by atoms with Crippen molar-refractivity contribution in [2.24, 2.45) is 0 Å². The van der Waals surface area contributed by atoms with E-state index >= 15 is 0 Å². The van der Waals surface area contributed by atoms with Gasteiger partial charge in [0.05, 0.1) is 20.0 Å². The molecular weight excluding hydrogens is 390 g/mol. The number of carbonyl (C=O) groups excluding carboxylic acids is 1. The Kier molecular flexibility index (Phi) is 7.76. The number of unbranched alkanes of at least 4 members (excludes halogenated alkanes) is 2. The maximum absolute atomic E-state index is 12.3. The van der Waals surface area contributed by atoms with E-state index in [0.717, 1.165) is 58.2 Å². The average molecular weight is 422 g/mol. The molecule has 2 aromatic carbocycles. The summed E-state index contributed by atoms with van der Waals surface area (Å²) >= 11 is 0. The lowest BCUT2D eigenvalue weighted by Crippen LogP contribution is -2.22. The van der Waals surface area contributed by atoms with Crippen molar-refractivity contribution in [1.82, 2.24) is 5.32 Å². The largest absolute Gasteiger partial charge is 0.496 e. The predicted molar refractivity (Wildman–Crippen MR) is 126 cm³/mol. The highest BCUT2D eigenvalue weighted by molar-refractivity contribution is 6.00. The van der Waals surface area contributed by atoms with Crippen molar-refractivity contribution >= 4 is 22.4 Å². The van der Waals surface area contributed by atoms with Crippen LogP contribution in [-0.2, 0) is 4.79 Å². The molecule has 0 spiro atoms. The molecule has 1 amide bonds. The Labute approximate surface area is 184 Å². The lowest BCUT2D eigenvalue weighted by Gasteiger charge is -2.10. The number of carbonyl (C=O) groups is 1. The molecule has 1 aromatic heterocycles. The van der Waals surface area contributed by atoms with Gasteiger partial charge in [0.1, 0.15) is 17.1 Å². The van der Waals surface area contributed by atoms with Crippen LogP contribution in [0.2, 0.25) is 0 Å². The molecule has 0 atom stereocenters. The molecule has 1 N–H and O–H groups in total. The van der Waals surface area contributed by atoms with E-state index in [1.54, 1.807) is 19.4 Å². The van der Waals surface area contributed by atoms with Crippen LogP contribution in [0.5, 0.6) is 11.5 Å². The highest BCUT2D eigenvalue weighted by Crippen LogP contribution is 2.37. The van der Waals surface area contributed by atoms with Crippen molar-refractivity contribution < 1.29 is 18.7 Å². The van der Waals surface area contributed by atoms with Crippen LogP contribution in [0, 0.1) is 0 Å². The van der Waals surface area contributed by atoms with Crippen LogP contribution in [0.25, 0.3) is 27.7 Å². The zero-order valence-electron chi connectivity index (χ0n) is 18.8. The molecule has 0 unspecified atom stereocenters. The Morgan fingerprint density at radius 2 is 1.90 bits per heavy atom. The second-order valence-electron chi connectivity index (χ2n) is 7.48. The first-order valence-electron chi connectivity index (χ1n) is 10.9. The molecule has 0 aliphatic heterocycles. The Balaban J connectivity index is 1.91. The first kappa shape index (κ1) is 22.5. The first-order valence-corrected chi connectivity index (χ1v) is 10.9. The third-order valence-electron chi connectivity index (χ3n) is 5.22. The van der Waals surface area contributed by atoms with Gasteiger partial charge in [-0.05, 0) is 49.6 Å². The fraction of sp³-hybridized carbons (Fsp3) is 0.346. The fourth-order valence-corrected chi connectivity index (χ4v) is 3.57. The van der Waals surface area contributed by atoms with E-state index in [9.17, 15) is 4.79 Å². The smallest absolute Gasteiger partial charge is 0.244 e. The summed E-state index contributed by atoms with van der Waals surface area (Å²) in [6.45, 7) is 7.36. The Hall–Kier alpha value is -3.21. The third kappa shape index (κ3) is 5.48. The average Bonchev–Trinajstić information content (AvgIpc) is 3.19. The van der Waals surface area contributed by atoms with Gasteiger partial charge in [0.15, 0.2) is 0 Å². The number of amides is 1. The van der Waals surface area contributed by atoms with Crippen LogP contribution in [-0.4, -0.2) is 26.2 Å². The van der Waals surface area contributed by atoms with Crippen molar-refractivity contribution in [3.63, 3.8) is 0 Å². The molecule has 0 fully saturated rings. The van der Waals surface area contributed by atoms with Crippen molar-refractivity contribution in [2.45, 2.75) is 40.0 Å². The van der Waals surface area contributed by atoms with Gasteiger partial charge < -0.3 is 19.2 Å². The molecule has 3 aromatic rings.